The summed E-state index contributed by atoms with van der Waals surface area (Å²) >= 11 is 0. The van der Waals surface area contributed by atoms with Crippen LogP contribution in [0.15, 0.2) is 65.7 Å². The van der Waals surface area contributed by atoms with E-state index in [1.807, 2.05) is 55.3 Å². The van der Waals surface area contributed by atoms with Crippen LogP contribution in [0.3, 0.4) is 0 Å². The molecule has 1 saturated carbocycles. The Labute approximate surface area is 208 Å². The van der Waals surface area contributed by atoms with Crippen molar-refractivity contribution in [1.82, 2.24) is 9.88 Å². The van der Waals surface area contributed by atoms with Gasteiger partial charge in [0.1, 0.15) is 0 Å². The van der Waals surface area contributed by atoms with Crippen LogP contribution in [0, 0.1) is 5.92 Å². The maximum atomic E-state index is 12.7. The van der Waals surface area contributed by atoms with Gasteiger partial charge in [-0.3, -0.25) is 9.78 Å². The number of anilines is 1. The maximum Gasteiger partial charge on any atom is 0.225 e. The van der Waals surface area contributed by atoms with Crippen molar-refractivity contribution in [2.75, 3.05) is 26.6 Å². The Kier molecular flexibility index (Phi) is 11.9. The molecule has 8 heteroatoms. The summed E-state index contributed by atoms with van der Waals surface area (Å²) in [5.74, 6) is 0.442. The molecule has 1 atom stereocenters. The second kappa shape index (κ2) is 14.9. The fourth-order valence-electron chi connectivity index (χ4n) is 4.09. The number of hydrogen-bond donors (Lipinski definition) is 3. The van der Waals surface area contributed by atoms with Crippen LogP contribution in [-0.4, -0.2) is 54.0 Å². The Hall–Kier alpha value is -3.23. The first-order valence-corrected chi connectivity index (χ1v) is 12.0. The fraction of sp³-hybridized carbons (Fsp3) is 0.444. The van der Waals surface area contributed by atoms with Crippen molar-refractivity contribution in [1.29, 1.82) is 0 Å². The lowest BCUT2D eigenvalue weighted by atomic mass is 9.88. The molecule has 1 amide bonds. The summed E-state index contributed by atoms with van der Waals surface area (Å²) in [6.45, 7) is 2.52. The van der Waals surface area contributed by atoms with Crippen molar-refractivity contribution >= 4 is 23.0 Å². The largest absolute Gasteiger partial charge is 0.403 e. The number of aliphatic hydroxyl groups excluding tert-OH is 1. The van der Waals surface area contributed by atoms with Crippen LogP contribution in [0.1, 0.15) is 44.6 Å². The highest BCUT2D eigenvalue weighted by Crippen LogP contribution is 2.26. The first kappa shape index (κ1) is 28.0. The predicted molar refractivity (Wildman–Crippen MR) is 141 cm³/mol. The lowest BCUT2D eigenvalue weighted by Gasteiger charge is -2.26. The summed E-state index contributed by atoms with van der Waals surface area (Å²) < 4.78 is 5.52. The Morgan fingerprint density at radius 3 is 2.51 bits per heavy atom. The van der Waals surface area contributed by atoms with E-state index in [0.29, 0.717) is 18.0 Å². The SMILES string of the molecule is CO.CO[C@@H](C)C(=Nc1cccnc1)/C(=C\N)Nc1ccc(CN(C)C(=O)C2CCCCC2)cc1. The molecule has 0 bridgehead atoms. The van der Waals surface area contributed by atoms with Gasteiger partial charge in [0, 0.05) is 51.8 Å². The standard InChI is InChI=1S/C26H35N5O2.CH4O/c1-19(33-3)25(30-23-10-7-15-28-17-23)24(16-27)29-22-13-11-20(12-14-22)18-31(2)26(32)21-8-5-4-6-9-21;1-2/h7,10-17,19,21,29H,4-6,8-9,18,27H2,1-3H3;2H,1H3/b24-16+,30-25?;/t19-;/m0./s1. The second-order valence-corrected chi connectivity index (χ2v) is 8.52. The molecule has 1 aliphatic carbocycles. The lowest BCUT2D eigenvalue weighted by Crippen LogP contribution is -2.33. The van der Waals surface area contributed by atoms with Crippen molar-refractivity contribution in [3.8, 4) is 0 Å². The number of nitrogens with zero attached hydrogens (tertiary/aromatic N) is 3. The number of methoxy groups -OCH3 is 1. The number of aliphatic imine (C=N–C) groups is 1. The minimum absolute atomic E-state index is 0.183. The van der Waals surface area contributed by atoms with Crippen LogP contribution < -0.4 is 11.1 Å². The van der Waals surface area contributed by atoms with E-state index in [0.717, 1.165) is 49.7 Å². The normalized spacial score (nSPS) is 15.6. The quantitative estimate of drug-likeness (QED) is 0.462. The Morgan fingerprint density at radius 1 is 1.26 bits per heavy atom. The molecule has 1 aromatic carbocycles. The maximum absolute atomic E-state index is 12.7. The van der Waals surface area contributed by atoms with E-state index in [9.17, 15) is 4.79 Å². The number of nitrogens with two attached hydrogens (primary N) is 1. The number of amides is 1. The average molecular weight is 482 g/mol. The number of nitrogens with one attached hydrogen (secondary N) is 1. The molecule has 3 rings (SSSR count). The van der Waals surface area contributed by atoms with Crippen LogP contribution >= 0.6 is 0 Å². The zero-order valence-corrected chi connectivity index (χ0v) is 21.3. The molecule has 35 heavy (non-hydrogen) atoms. The lowest BCUT2D eigenvalue weighted by molar-refractivity contribution is -0.135. The van der Waals surface area contributed by atoms with Crippen molar-refractivity contribution < 1.29 is 14.6 Å². The molecule has 8 nitrogen and oxygen atoms in total. The minimum Gasteiger partial charge on any atom is -0.403 e. The molecule has 0 radical (unpaired) electrons. The first-order chi connectivity index (χ1) is 17.0. The van der Waals surface area contributed by atoms with Crippen LogP contribution in [0.2, 0.25) is 0 Å². The number of carbonyl (C=O) groups is 1. The molecular weight excluding hydrogens is 442 g/mol. The van der Waals surface area contributed by atoms with Gasteiger partial charge in [-0.15, -0.1) is 0 Å². The van der Waals surface area contributed by atoms with E-state index in [1.54, 1.807) is 19.5 Å². The van der Waals surface area contributed by atoms with Gasteiger partial charge in [0.15, 0.2) is 0 Å². The Bertz CT molecular complexity index is 955. The third kappa shape index (κ3) is 8.49. The summed E-state index contributed by atoms with van der Waals surface area (Å²) in [4.78, 5) is 23.4. The number of hydrogen-bond acceptors (Lipinski definition) is 7. The molecule has 4 N–H and O–H groups in total. The molecule has 1 aromatic heterocycles. The summed E-state index contributed by atoms with van der Waals surface area (Å²) in [6.07, 6.45) is 10.2. The molecule has 0 unspecified atom stereocenters. The molecule has 1 fully saturated rings. The van der Waals surface area contributed by atoms with E-state index in [4.69, 9.17) is 20.6 Å². The topological polar surface area (TPSA) is 113 Å². The van der Waals surface area contributed by atoms with Gasteiger partial charge in [-0.1, -0.05) is 31.4 Å². The van der Waals surface area contributed by atoms with E-state index in [2.05, 4.69) is 10.3 Å². The molecule has 0 saturated heterocycles. The number of pyridine rings is 1. The summed E-state index contributed by atoms with van der Waals surface area (Å²) in [5, 5.41) is 10.3. The number of benzene rings is 1. The highest BCUT2D eigenvalue weighted by atomic mass is 16.5. The van der Waals surface area contributed by atoms with Gasteiger partial charge in [-0.25, -0.2) is 4.99 Å². The third-order valence-electron chi connectivity index (χ3n) is 6.06. The zero-order chi connectivity index (χ0) is 25.6. The van der Waals surface area contributed by atoms with Crippen LogP contribution in [0.4, 0.5) is 11.4 Å². The zero-order valence-electron chi connectivity index (χ0n) is 21.3. The number of ether oxygens (including phenoxy) is 1. The molecule has 190 valence electrons. The van der Waals surface area contributed by atoms with Crippen molar-refractivity contribution in [2.24, 2.45) is 16.6 Å². The van der Waals surface area contributed by atoms with E-state index in [1.165, 1.54) is 12.6 Å². The van der Waals surface area contributed by atoms with Gasteiger partial charge in [0.2, 0.25) is 5.91 Å². The van der Waals surface area contributed by atoms with Gasteiger partial charge < -0.3 is 25.8 Å². The summed E-state index contributed by atoms with van der Waals surface area (Å²) in [5.41, 5.74) is 9.96. The summed E-state index contributed by atoms with van der Waals surface area (Å²) in [6, 6.07) is 11.7. The molecule has 0 aliphatic heterocycles. The van der Waals surface area contributed by atoms with E-state index >= 15 is 0 Å². The first-order valence-electron chi connectivity index (χ1n) is 12.0. The molecule has 2 aromatic rings. The predicted octanol–water partition coefficient (Wildman–Crippen LogP) is 4.25. The Morgan fingerprint density at radius 2 is 1.94 bits per heavy atom. The second-order valence-electron chi connectivity index (χ2n) is 8.52. The number of carbonyl (C=O) groups excluding carboxylic acids is 1. The number of rotatable bonds is 9. The fourth-order valence-corrected chi connectivity index (χ4v) is 4.09. The summed E-state index contributed by atoms with van der Waals surface area (Å²) in [7, 11) is 4.53. The van der Waals surface area contributed by atoms with Gasteiger partial charge in [0.05, 0.1) is 29.4 Å². The molecule has 1 heterocycles. The highest BCUT2D eigenvalue weighted by Gasteiger charge is 2.24. The number of aromatic nitrogens is 1. The van der Waals surface area contributed by atoms with Gasteiger partial charge in [-0.05, 0) is 49.6 Å². The third-order valence-corrected chi connectivity index (χ3v) is 6.06. The monoisotopic (exact) mass is 481 g/mol. The van der Waals surface area contributed by atoms with E-state index in [-0.39, 0.29) is 17.9 Å². The van der Waals surface area contributed by atoms with Gasteiger partial charge in [0.25, 0.3) is 0 Å². The number of aliphatic hydroxyl groups is 1. The van der Waals surface area contributed by atoms with E-state index < -0.39 is 0 Å². The molecule has 1 aliphatic rings. The van der Waals surface area contributed by atoms with Crippen molar-refractivity contribution in [2.45, 2.75) is 51.7 Å². The van der Waals surface area contributed by atoms with Gasteiger partial charge >= 0.3 is 0 Å². The van der Waals surface area contributed by atoms with Crippen LogP contribution in [-0.2, 0) is 16.1 Å². The molecule has 0 spiro atoms. The van der Waals surface area contributed by atoms with Crippen molar-refractivity contribution in [3.63, 3.8) is 0 Å². The minimum atomic E-state index is -0.272. The smallest absolute Gasteiger partial charge is 0.225 e. The highest BCUT2D eigenvalue weighted by molar-refractivity contribution is 6.06. The van der Waals surface area contributed by atoms with Gasteiger partial charge in [-0.2, -0.15) is 0 Å². The van der Waals surface area contributed by atoms with Crippen molar-refractivity contribution in [3.05, 3.63) is 66.3 Å². The molecular formula is C27H39N5O3. The van der Waals surface area contributed by atoms with Crippen LogP contribution in [0.25, 0.3) is 0 Å². The average Bonchev–Trinajstić information content (AvgIpc) is 2.92. The Balaban J connectivity index is 0.00000210. The van der Waals surface area contributed by atoms with Crippen LogP contribution in [0.5, 0.6) is 0 Å².